The van der Waals surface area contributed by atoms with E-state index in [1.165, 1.54) is 13.1 Å². The van der Waals surface area contributed by atoms with Crippen LogP contribution in [0.25, 0.3) is 11.0 Å². The lowest BCUT2D eigenvalue weighted by Gasteiger charge is -2.12. The van der Waals surface area contributed by atoms with E-state index in [4.69, 9.17) is 26.0 Å². The molecule has 9 nitrogen and oxygen atoms in total. The molecule has 0 saturated carbocycles. The van der Waals surface area contributed by atoms with Crippen molar-refractivity contribution >= 4 is 45.5 Å². The van der Waals surface area contributed by atoms with Gasteiger partial charge in [0.25, 0.3) is 0 Å². The molecule has 0 spiro atoms. The fourth-order valence-corrected chi connectivity index (χ4v) is 4.02. The molecular formula is C22H21ClN4O5S. The van der Waals surface area contributed by atoms with Crippen LogP contribution in [0.4, 0.5) is 10.5 Å². The number of aryl methyl sites for hydroxylation is 1. The van der Waals surface area contributed by atoms with Crippen LogP contribution in [-0.2, 0) is 17.6 Å². The highest BCUT2D eigenvalue weighted by molar-refractivity contribution is 7.84. The van der Waals surface area contributed by atoms with Crippen LogP contribution in [0.2, 0.25) is 5.02 Å². The van der Waals surface area contributed by atoms with E-state index in [0.29, 0.717) is 28.7 Å². The van der Waals surface area contributed by atoms with Gasteiger partial charge in [-0.25, -0.2) is 18.5 Å². The number of hydrogen-bond acceptors (Lipinski definition) is 6. The minimum absolute atomic E-state index is 0.0778. The van der Waals surface area contributed by atoms with Crippen LogP contribution in [0.3, 0.4) is 0 Å². The van der Waals surface area contributed by atoms with E-state index in [9.17, 15) is 13.8 Å². The second-order valence-electron chi connectivity index (χ2n) is 6.96. The van der Waals surface area contributed by atoms with Gasteiger partial charge in [-0.3, -0.25) is 4.72 Å². The van der Waals surface area contributed by atoms with Crippen molar-refractivity contribution in [3.63, 3.8) is 0 Å². The van der Waals surface area contributed by atoms with Crippen molar-refractivity contribution in [3.05, 3.63) is 68.5 Å². The number of anilines is 1. The zero-order chi connectivity index (χ0) is 24.0. The molecule has 0 fully saturated rings. The van der Waals surface area contributed by atoms with Crippen LogP contribution >= 0.6 is 11.6 Å². The van der Waals surface area contributed by atoms with Gasteiger partial charge in [-0.2, -0.15) is 5.26 Å². The molecule has 2 aromatic carbocycles. The number of benzene rings is 2. The van der Waals surface area contributed by atoms with Crippen LogP contribution in [0.5, 0.6) is 5.75 Å². The summed E-state index contributed by atoms with van der Waals surface area (Å²) in [5, 5.41) is 11.7. The van der Waals surface area contributed by atoms with Gasteiger partial charge in [0.15, 0.2) is 16.9 Å². The quantitative estimate of drug-likeness (QED) is 0.328. The highest BCUT2D eigenvalue weighted by Crippen LogP contribution is 2.32. The van der Waals surface area contributed by atoms with Crippen LogP contribution in [0.1, 0.15) is 23.1 Å². The molecule has 0 aliphatic rings. The number of rotatable bonds is 8. The van der Waals surface area contributed by atoms with Gasteiger partial charge in [-0.15, -0.1) is 0 Å². The van der Waals surface area contributed by atoms with Gasteiger partial charge in [-0.1, -0.05) is 23.7 Å². The Morgan fingerprint density at radius 1 is 1.30 bits per heavy atom. The Bertz CT molecular complexity index is 1320. The van der Waals surface area contributed by atoms with Crippen LogP contribution in [0, 0.1) is 18.3 Å². The highest BCUT2D eigenvalue weighted by Gasteiger charge is 2.16. The first-order valence-corrected chi connectivity index (χ1v) is 11.4. The second kappa shape index (κ2) is 11.0. The van der Waals surface area contributed by atoms with E-state index < -0.39 is 22.9 Å². The predicted octanol–water partition coefficient (Wildman–Crippen LogP) is 3.56. The predicted molar refractivity (Wildman–Crippen MR) is 127 cm³/mol. The maximum atomic E-state index is 12.7. The molecule has 0 aliphatic carbocycles. The summed E-state index contributed by atoms with van der Waals surface area (Å²) >= 11 is 4.71. The van der Waals surface area contributed by atoms with Crippen molar-refractivity contribution in [3.8, 4) is 11.8 Å². The summed E-state index contributed by atoms with van der Waals surface area (Å²) in [6.07, 6.45) is -0.169. The molecule has 3 aromatic rings. The summed E-state index contributed by atoms with van der Waals surface area (Å²) in [6, 6.07) is 12.1. The minimum atomic E-state index is -1.55. The number of halogens is 1. The second-order valence-corrected chi connectivity index (χ2v) is 8.40. The monoisotopic (exact) mass is 488 g/mol. The molecule has 1 unspecified atom stereocenters. The fourth-order valence-electron chi connectivity index (χ4n) is 3.11. The summed E-state index contributed by atoms with van der Waals surface area (Å²) in [6.45, 7) is 2.09. The maximum Gasteiger partial charge on any atom is 0.412 e. The van der Waals surface area contributed by atoms with Crippen LogP contribution in [0.15, 0.2) is 45.6 Å². The molecule has 1 atom stereocenters. The van der Waals surface area contributed by atoms with Gasteiger partial charge in [0.05, 0.1) is 11.1 Å². The number of carbonyl (C=O) groups excluding carboxylic acids is 1. The molecule has 33 heavy (non-hydrogen) atoms. The summed E-state index contributed by atoms with van der Waals surface area (Å²) in [7, 11) is 1.42. The van der Waals surface area contributed by atoms with Gasteiger partial charge in [0, 0.05) is 49.1 Å². The normalized spacial score (nSPS) is 11.6. The Balaban J connectivity index is 1.87. The van der Waals surface area contributed by atoms with Crippen molar-refractivity contribution in [1.29, 1.82) is 5.26 Å². The molecule has 3 rings (SSSR count). The largest absolute Gasteiger partial charge is 0.422 e. The average molecular weight is 489 g/mol. The minimum Gasteiger partial charge on any atom is -0.422 e. The number of nitrogens with zero attached hydrogens (tertiary/aromatic N) is 1. The van der Waals surface area contributed by atoms with Crippen molar-refractivity contribution in [2.75, 3.05) is 18.3 Å². The first kappa shape index (κ1) is 24.3. The summed E-state index contributed by atoms with van der Waals surface area (Å²) in [4.78, 5) is 24.2. The topological polar surface area (TPSA) is 133 Å². The highest BCUT2D eigenvalue weighted by atomic mass is 35.5. The number of nitrogens with one attached hydrogen (secondary N) is 3. The van der Waals surface area contributed by atoms with E-state index in [-0.39, 0.29) is 29.2 Å². The molecule has 0 saturated heterocycles. The van der Waals surface area contributed by atoms with Gasteiger partial charge >= 0.3 is 11.7 Å². The van der Waals surface area contributed by atoms with E-state index in [2.05, 4.69) is 14.8 Å². The molecule has 1 aromatic heterocycles. The zero-order valence-electron chi connectivity index (χ0n) is 17.9. The molecule has 3 N–H and O–H groups in total. The Labute approximate surface area is 197 Å². The molecule has 172 valence electrons. The lowest BCUT2D eigenvalue weighted by molar-refractivity contribution is 0.203. The smallest absolute Gasteiger partial charge is 0.412 e. The molecule has 0 bridgehead atoms. The molecular weight excluding hydrogens is 468 g/mol. The number of ether oxygens (including phenoxy) is 1. The molecule has 11 heteroatoms. The summed E-state index contributed by atoms with van der Waals surface area (Å²) in [5.74, 6) is 0.0778. The SMILES string of the molecule is CNC(=O)Oc1cc2oc(=O)c(Cc3cccc(NS(=O)NCCC#N)c3)c(C)c2cc1Cl. The Kier molecular flexibility index (Phi) is 8.06. The lowest BCUT2D eigenvalue weighted by atomic mass is 9.99. The van der Waals surface area contributed by atoms with E-state index >= 15 is 0 Å². The fraction of sp³-hybridized carbons (Fsp3) is 0.227. The van der Waals surface area contributed by atoms with E-state index in [0.717, 1.165) is 5.56 Å². The molecule has 1 heterocycles. The number of carbonyl (C=O) groups is 1. The van der Waals surface area contributed by atoms with Gasteiger partial charge in [0.2, 0.25) is 0 Å². The van der Waals surface area contributed by atoms with Gasteiger partial charge in [-0.05, 0) is 36.2 Å². The lowest BCUT2D eigenvalue weighted by Crippen LogP contribution is -2.24. The van der Waals surface area contributed by atoms with E-state index in [1.54, 1.807) is 31.2 Å². The van der Waals surface area contributed by atoms with Crippen molar-refractivity contribution < 1.29 is 18.2 Å². The maximum absolute atomic E-state index is 12.7. The third kappa shape index (κ3) is 6.10. The first-order valence-electron chi connectivity index (χ1n) is 9.85. The average Bonchev–Trinajstić information content (AvgIpc) is 2.78. The first-order chi connectivity index (χ1) is 15.8. The third-order valence-corrected chi connectivity index (χ3v) is 5.92. The molecule has 0 aliphatic heterocycles. The Morgan fingerprint density at radius 2 is 2.09 bits per heavy atom. The van der Waals surface area contributed by atoms with Crippen molar-refractivity contribution in [2.24, 2.45) is 0 Å². The summed E-state index contributed by atoms with van der Waals surface area (Å²) < 4.78 is 28.1. The van der Waals surface area contributed by atoms with Crippen LogP contribution in [-0.4, -0.2) is 23.9 Å². The molecule has 0 radical (unpaired) electrons. The van der Waals surface area contributed by atoms with Gasteiger partial charge < -0.3 is 14.5 Å². The van der Waals surface area contributed by atoms with Crippen LogP contribution < -0.4 is 25.1 Å². The Hall–Kier alpha value is -3.39. The van der Waals surface area contributed by atoms with Crippen molar-refractivity contribution in [2.45, 2.75) is 19.8 Å². The number of hydrogen-bond donors (Lipinski definition) is 3. The van der Waals surface area contributed by atoms with Crippen molar-refractivity contribution in [1.82, 2.24) is 10.0 Å². The number of fused-ring (bicyclic) bond motifs is 1. The number of nitriles is 1. The number of amides is 1. The standard InChI is InChI=1S/C22H21ClN4O5S/c1-13-16-11-18(23)20(32-22(29)25-2)12-19(16)31-21(28)17(13)10-14-5-3-6-15(9-14)27-33(30)26-8-4-7-24/h3,5-6,9,11-12,26-27H,4,8,10H2,1-2H3,(H,25,29). The Morgan fingerprint density at radius 3 is 2.82 bits per heavy atom. The molecule has 1 amide bonds. The zero-order valence-corrected chi connectivity index (χ0v) is 19.4. The summed E-state index contributed by atoms with van der Waals surface area (Å²) in [5.41, 5.74) is 2.26. The van der Waals surface area contributed by atoms with E-state index in [1.807, 2.05) is 12.1 Å². The van der Waals surface area contributed by atoms with Gasteiger partial charge in [0.1, 0.15) is 5.58 Å². The third-order valence-electron chi connectivity index (χ3n) is 4.73.